The molecule has 11 heteroatoms. The topological polar surface area (TPSA) is 108 Å². The number of rotatable bonds is 9. The first-order valence-corrected chi connectivity index (χ1v) is 11.3. The van der Waals surface area contributed by atoms with Crippen molar-refractivity contribution in [3.63, 3.8) is 0 Å². The molecule has 188 valence electrons. The van der Waals surface area contributed by atoms with Crippen LogP contribution in [0.25, 0.3) is 17.1 Å². The van der Waals surface area contributed by atoms with Gasteiger partial charge in [-0.15, -0.1) is 0 Å². The molecule has 0 aliphatic rings. The van der Waals surface area contributed by atoms with E-state index < -0.39 is 12.4 Å². The van der Waals surface area contributed by atoms with Gasteiger partial charge in [-0.05, 0) is 26.3 Å². The Hall–Kier alpha value is -3.99. The second kappa shape index (κ2) is 10.3. The Bertz CT molecular complexity index is 1400. The Labute approximate surface area is 206 Å². The van der Waals surface area contributed by atoms with E-state index in [-0.39, 0.29) is 11.1 Å². The van der Waals surface area contributed by atoms with Crippen molar-refractivity contribution in [1.29, 1.82) is 0 Å². The number of alkyl halides is 2. The van der Waals surface area contributed by atoms with Gasteiger partial charge in [0.25, 0.3) is 6.43 Å². The van der Waals surface area contributed by atoms with E-state index in [1.807, 2.05) is 11.6 Å². The maximum Gasteiger partial charge on any atom is 0.339 e. The summed E-state index contributed by atoms with van der Waals surface area (Å²) in [5, 5.41) is 18.6. The Morgan fingerprint density at radius 3 is 2.44 bits per heavy atom. The van der Waals surface area contributed by atoms with Crippen LogP contribution in [-0.2, 0) is 17.7 Å². The van der Waals surface area contributed by atoms with Gasteiger partial charge in [0.15, 0.2) is 5.82 Å². The van der Waals surface area contributed by atoms with Gasteiger partial charge in [-0.1, -0.05) is 24.3 Å². The molecular weight excluding hydrogens is 470 g/mol. The molecule has 0 spiro atoms. The first-order valence-electron chi connectivity index (χ1n) is 11.3. The Balaban J connectivity index is 1.71. The van der Waals surface area contributed by atoms with E-state index in [4.69, 9.17) is 9.84 Å². The van der Waals surface area contributed by atoms with Crippen molar-refractivity contribution >= 4 is 5.97 Å². The van der Waals surface area contributed by atoms with Crippen molar-refractivity contribution < 1.29 is 23.4 Å². The van der Waals surface area contributed by atoms with Crippen LogP contribution in [-0.4, -0.2) is 54.3 Å². The van der Waals surface area contributed by atoms with Gasteiger partial charge in [-0.25, -0.2) is 28.2 Å². The molecule has 4 aromatic rings. The van der Waals surface area contributed by atoms with Crippen LogP contribution in [0.15, 0.2) is 36.7 Å². The molecule has 3 aromatic heterocycles. The van der Waals surface area contributed by atoms with E-state index in [1.165, 1.54) is 23.1 Å². The summed E-state index contributed by atoms with van der Waals surface area (Å²) in [5.41, 5.74) is 4.88. The molecule has 0 amide bonds. The summed E-state index contributed by atoms with van der Waals surface area (Å²) in [7, 11) is 1.61. The number of carbonyl (C=O) groups is 1. The molecule has 1 aromatic carbocycles. The number of hydrogen-bond donors (Lipinski definition) is 1. The first-order chi connectivity index (χ1) is 17.2. The van der Waals surface area contributed by atoms with Gasteiger partial charge in [0.1, 0.15) is 11.9 Å². The number of carboxylic acid groups (broad SMARTS) is 1. The van der Waals surface area contributed by atoms with Crippen LogP contribution in [0, 0.1) is 20.8 Å². The smallest absolute Gasteiger partial charge is 0.339 e. The number of carboxylic acids is 1. The van der Waals surface area contributed by atoms with Gasteiger partial charge in [0, 0.05) is 36.4 Å². The van der Waals surface area contributed by atoms with Gasteiger partial charge in [0.05, 0.1) is 35.9 Å². The quantitative estimate of drug-likeness (QED) is 0.368. The van der Waals surface area contributed by atoms with E-state index in [2.05, 4.69) is 15.1 Å². The first kappa shape index (κ1) is 25.1. The summed E-state index contributed by atoms with van der Waals surface area (Å²) in [6.07, 6.45) is -0.703. The number of aromatic nitrogens is 6. The molecule has 0 unspecified atom stereocenters. The minimum atomic E-state index is -2.53. The monoisotopic (exact) mass is 496 g/mol. The van der Waals surface area contributed by atoms with Crippen molar-refractivity contribution in [3.8, 4) is 17.1 Å². The normalized spacial score (nSPS) is 11.4. The van der Waals surface area contributed by atoms with Crippen LogP contribution >= 0.6 is 0 Å². The van der Waals surface area contributed by atoms with Crippen molar-refractivity contribution in [2.24, 2.45) is 0 Å². The number of halogens is 2. The van der Waals surface area contributed by atoms with Crippen LogP contribution < -0.4 is 0 Å². The third-order valence-electron chi connectivity index (χ3n) is 6.04. The zero-order valence-electron chi connectivity index (χ0n) is 20.4. The average molecular weight is 497 g/mol. The molecule has 9 nitrogen and oxygen atoms in total. The molecule has 0 fully saturated rings. The number of ether oxygens (including phenoxy) is 1. The van der Waals surface area contributed by atoms with Gasteiger partial charge in [-0.2, -0.15) is 10.2 Å². The van der Waals surface area contributed by atoms with Gasteiger partial charge in [-0.3, -0.25) is 4.68 Å². The zero-order valence-corrected chi connectivity index (χ0v) is 20.4. The predicted molar refractivity (Wildman–Crippen MR) is 128 cm³/mol. The van der Waals surface area contributed by atoms with Gasteiger partial charge >= 0.3 is 5.97 Å². The molecule has 1 N–H and O–H groups in total. The maximum absolute atomic E-state index is 13.0. The van der Waals surface area contributed by atoms with E-state index in [0.717, 1.165) is 16.8 Å². The average Bonchev–Trinajstić information content (AvgIpc) is 3.33. The fourth-order valence-electron chi connectivity index (χ4n) is 4.18. The summed E-state index contributed by atoms with van der Waals surface area (Å²) >= 11 is 0. The molecule has 0 saturated heterocycles. The Morgan fingerprint density at radius 2 is 1.83 bits per heavy atom. The van der Waals surface area contributed by atoms with E-state index in [9.17, 15) is 18.7 Å². The highest BCUT2D eigenvalue weighted by Crippen LogP contribution is 2.29. The molecule has 0 saturated carbocycles. The highest BCUT2D eigenvalue weighted by Gasteiger charge is 2.21. The highest BCUT2D eigenvalue weighted by molar-refractivity contribution is 5.90. The van der Waals surface area contributed by atoms with Gasteiger partial charge < -0.3 is 9.84 Å². The standard InChI is InChI=1S/C25H26F2N6O3/c1-14-20(32(9-10-36-4)31-23(14)17-5-7-18(8-6-17)24(26)27)11-19-12-21(29-13-28-19)33-16(3)22(25(34)35)15(2)30-33/h5-8,12-13,24H,9-11H2,1-4H3,(H,34,35). The van der Waals surface area contributed by atoms with Crippen LogP contribution in [0.3, 0.4) is 0 Å². The summed E-state index contributed by atoms with van der Waals surface area (Å²) in [4.78, 5) is 20.3. The summed E-state index contributed by atoms with van der Waals surface area (Å²) < 4.78 is 34.6. The van der Waals surface area contributed by atoms with Crippen LogP contribution in [0.1, 0.15) is 50.7 Å². The Morgan fingerprint density at radius 1 is 1.11 bits per heavy atom. The minimum absolute atomic E-state index is 0.0424. The molecule has 3 heterocycles. The predicted octanol–water partition coefficient (Wildman–Crippen LogP) is 4.32. The summed E-state index contributed by atoms with van der Waals surface area (Å²) in [5.74, 6) is -0.589. The fourth-order valence-corrected chi connectivity index (χ4v) is 4.18. The summed E-state index contributed by atoms with van der Waals surface area (Å²) in [6.45, 7) is 6.20. The molecule has 0 aliphatic heterocycles. The van der Waals surface area contributed by atoms with Gasteiger partial charge in [0.2, 0.25) is 0 Å². The number of methoxy groups -OCH3 is 1. The van der Waals surface area contributed by atoms with E-state index in [1.54, 1.807) is 39.2 Å². The lowest BCUT2D eigenvalue weighted by Crippen LogP contribution is -2.11. The maximum atomic E-state index is 13.0. The number of hydrogen-bond acceptors (Lipinski definition) is 6. The fraction of sp³-hybridized carbons (Fsp3) is 0.320. The third-order valence-corrected chi connectivity index (χ3v) is 6.04. The molecular formula is C25H26F2N6O3. The zero-order chi connectivity index (χ0) is 26.0. The molecule has 0 aliphatic carbocycles. The minimum Gasteiger partial charge on any atom is -0.478 e. The second-order valence-corrected chi connectivity index (χ2v) is 8.37. The lowest BCUT2D eigenvalue weighted by atomic mass is 10.0. The SMILES string of the molecule is COCCn1nc(-c2ccc(C(F)F)cc2)c(C)c1Cc1cc(-n2nc(C)c(C(=O)O)c2C)ncn1. The lowest BCUT2D eigenvalue weighted by Gasteiger charge is -2.09. The van der Waals surface area contributed by atoms with E-state index in [0.29, 0.717) is 48.2 Å². The highest BCUT2D eigenvalue weighted by atomic mass is 19.3. The van der Waals surface area contributed by atoms with Crippen molar-refractivity contribution in [2.75, 3.05) is 13.7 Å². The molecule has 4 rings (SSSR count). The summed E-state index contributed by atoms with van der Waals surface area (Å²) in [6, 6.07) is 7.86. The number of benzene rings is 1. The van der Waals surface area contributed by atoms with Crippen LogP contribution in [0.2, 0.25) is 0 Å². The second-order valence-electron chi connectivity index (χ2n) is 8.37. The third kappa shape index (κ3) is 4.87. The molecule has 0 bridgehead atoms. The molecule has 0 atom stereocenters. The van der Waals surface area contributed by atoms with Crippen molar-refractivity contribution in [3.05, 3.63) is 76.1 Å². The van der Waals surface area contributed by atoms with Crippen molar-refractivity contribution in [1.82, 2.24) is 29.5 Å². The molecule has 0 radical (unpaired) electrons. The number of nitrogens with zero attached hydrogens (tertiary/aromatic N) is 6. The Kier molecular flexibility index (Phi) is 7.20. The van der Waals surface area contributed by atoms with Crippen LogP contribution in [0.5, 0.6) is 0 Å². The van der Waals surface area contributed by atoms with E-state index >= 15 is 0 Å². The largest absolute Gasteiger partial charge is 0.478 e. The number of aromatic carboxylic acids is 1. The lowest BCUT2D eigenvalue weighted by molar-refractivity contribution is 0.0695. The molecule has 36 heavy (non-hydrogen) atoms. The van der Waals surface area contributed by atoms with Crippen LogP contribution in [0.4, 0.5) is 8.78 Å². The number of aryl methyl sites for hydroxylation is 1. The van der Waals surface area contributed by atoms with Crippen molar-refractivity contribution in [2.45, 2.75) is 40.2 Å².